The molecule has 2 aromatic carbocycles. The first-order valence-corrected chi connectivity index (χ1v) is 4.99. The molecule has 2 aromatic rings. The average molecular weight is 207 g/mol. The van der Waals surface area contributed by atoms with Crippen molar-refractivity contribution in [2.45, 2.75) is 12.5 Å². The summed E-state index contributed by atoms with van der Waals surface area (Å²) < 4.78 is 5.49. The topological polar surface area (TPSA) is 9.23 Å². The van der Waals surface area contributed by atoms with Crippen LogP contribution in [0.4, 0.5) is 0 Å². The van der Waals surface area contributed by atoms with E-state index in [2.05, 4.69) is 12.1 Å². The lowest BCUT2D eigenvalue weighted by Gasteiger charge is -2.10. The zero-order valence-electron chi connectivity index (χ0n) is 7.91. The molecule has 0 amide bonds. The molecule has 0 fully saturated rings. The molecule has 0 saturated heterocycles. The van der Waals surface area contributed by atoms with E-state index in [0.717, 1.165) is 11.1 Å². The average Bonchev–Trinajstić information content (AvgIpc) is 2.18. The molecule has 0 aromatic heterocycles. The van der Waals surface area contributed by atoms with Gasteiger partial charge >= 0.3 is 0 Å². The number of alkyl halides is 1. The quantitative estimate of drug-likeness (QED) is 0.680. The van der Waals surface area contributed by atoms with Crippen molar-refractivity contribution >= 4 is 22.4 Å². The summed E-state index contributed by atoms with van der Waals surface area (Å²) in [6.07, 6.45) is 0. The van der Waals surface area contributed by atoms with Crippen molar-refractivity contribution in [2.24, 2.45) is 0 Å². The standard InChI is InChI=1S/C12H11ClO/c1-9(13)14-12-8-4-6-10-5-2-3-7-11(10)12/h2-9H,1H3. The Labute approximate surface area is 88.3 Å². The van der Waals surface area contributed by atoms with E-state index < -0.39 is 0 Å². The maximum atomic E-state index is 5.79. The van der Waals surface area contributed by atoms with Crippen molar-refractivity contribution in [1.82, 2.24) is 0 Å². The van der Waals surface area contributed by atoms with Crippen LogP contribution < -0.4 is 4.74 Å². The first kappa shape index (κ1) is 9.35. The van der Waals surface area contributed by atoms with Crippen molar-refractivity contribution in [3.63, 3.8) is 0 Å². The van der Waals surface area contributed by atoms with E-state index in [-0.39, 0.29) is 5.56 Å². The Kier molecular flexibility index (Phi) is 2.60. The van der Waals surface area contributed by atoms with Gasteiger partial charge < -0.3 is 4.74 Å². The third kappa shape index (κ3) is 1.83. The largest absolute Gasteiger partial charge is 0.474 e. The molecule has 0 heterocycles. The molecule has 72 valence electrons. The minimum absolute atomic E-state index is 0.305. The summed E-state index contributed by atoms with van der Waals surface area (Å²) in [7, 11) is 0. The van der Waals surface area contributed by atoms with Crippen LogP contribution in [0.5, 0.6) is 5.75 Å². The Bertz CT molecular complexity index is 432. The number of halogens is 1. The zero-order chi connectivity index (χ0) is 9.97. The van der Waals surface area contributed by atoms with Crippen LogP contribution in [0, 0.1) is 0 Å². The van der Waals surface area contributed by atoms with Crippen LogP contribution in [0.25, 0.3) is 10.8 Å². The molecule has 0 saturated carbocycles. The van der Waals surface area contributed by atoms with Gasteiger partial charge in [0.25, 0.3) is 0 Å². The molecular formula is C12H11ClO. The van der Waals surface area contributed by atoms with Gasteiger partial charge in [-0.1, -0.05) is 48.0 Å². The van der Waals surface area contributed by atoms with E-state index in [4.69, 9.17) is 16.3 Å². The minimum Gasteiger partial charge on any atom is -0.474 e. The van der Waals surface area contributed by atoms with Crippen molar-refractivity contribution in [3.05, 3.63) is 42.5 Å². The van der Waals surface area contributed by atoms with Crippen LogP contribution >= 0.6 is 11.6 Å². The number of fused-ring (bicyclic) bond motifs is 1. The van der Waals surface area contributed by atoms with E-state index in [9.17, 15) is 0 Å². The molecule has 0 spiro atoms. The van der Waals surface area contributed by atoms with Gasteiger partial charge in [0.15, 0.2) is 5.56 Å². The lowest BCUT2D eigenvalue weighted by atomic mass is 10.1. The molecule has 0 bridgehead atoms. The summed E-state index contributed by atoms with van der Waals surface area (Å²) in [4.78, 5) is 0. The van der Waals surface area contributed by atoms with Crippen LogP contribution in [0.15, 0.2) is 42.5 Å². The fourth-order valence-electron chi connectivity index (χ4n) is 1.47. The first-order valence-electron chi connectivity index (χ1n) is 4.56. The van der Waals surface area contributed by atoms with Crippen LogP contribution in [-0.2, 0) is 0 Å². The summed E-state index contributed by atoms with van der Waals surface area (Å²) in [6.45, 7) is 1.81. The Morgan fingerprint density at radius 3 is 2.57 bits per heavy atom. The Balaban J connectivity index is 2.53. The highest BCUT2D eigenvalue weighted by atomic mass is 35.5. The van der Waals surface area contributed by atoms with Gasteiger partial charge in [-0.15, -0.1) is 0 Å². The SMILES string of the molecule is CC(Cl)Oc1cccc2ccccc12. The lowest BCUT2D eigenvalue weighted by molar-refractivity contribution is 0.305. The molecule has 1 atom stereocenters. The molecule has 0 aliphatic rings. The monoisotopic (exact) mass is 206 g/mol. The number of benzene rings is 2. The fraction of sp³-hybridized carbons (Fsp3) is 0.167. The van der Waals surface area contributed by atoms with Crippen LogP contribution in [0.1, 0.15) is 6.92 Å². The van der Waals surface area contributed by atoms with Crippen LogP contribution in [-0.4, -0.2) is 5.56 Å². The van der Waals surface area contributed by atoms with E-state index in [0.29, 0.717) is 0 Å². The summed E-state index contributed by atoms with van der Waals surface area (Å²) in [5, 5.41) is 2.27. The molecule has 1 unspecified atom stereocenters. The molecule has 0 aliphatic carbocycles. The highest BCUT2D eigenvalue weighted by Gasteiger charge is 2.03. The highest BCUT2D eigenvalue weighted by molar-refractivity contribution is 6.19. The molecule has 0 aliphatic heterocycles. The fourth-order valence-corrected chi connectivity index (χ4v) is 1.57. The number of rotatable bonds is 2. The molecule has 14 heavy (non-hydrogen) atoms. The Morgan fingerprint density at radius 1 is 1.07 bits per heavy atom. The van der Waals surface area contributed by atoms with Gasteiger partial charge in [0, 0.05) is 5.39 Å². The van der Waals surface area contributed by atoms with Gasteiger partial charge in [-0.25, -0.2) is 0 Å². The summed E-state index contributed by atoms with van der Waals surface area (Å²) in [6, 6.07) is 14.1. The smallest absolute Gasteiger partial charge is 0.169 e. The van der Waals surface area contributed by atoms with E-state index >= 15 is 0 Å². The Morgan fingerprint density at radius 2 is 1.79 bits per heavy atom. The highest BCUT2D eigenvalue weighted by Crippen LogP contribution is 2.26. The second-order valence-corrected chi connectivity index (χ2v) is 3.75. The van der Waals surface area contributed by atoms with E-state index in [1.165, 1.54) is 5.39 Å². The normalized spacial score (nSPS) is 12.7. The van der Waals surface area contributed by atoms with Crippen molar-refractivity contribution in [2.75, 3.05) is 0 Å². The zero-order valence-corrected chi connectivity index (χ0v) is 8.66. The molecule has 2 heteroatoms. The van der Waals surface area contributed by atoms with Gasteiger partial charge in [0.05, 0.1) is 0 Å². The lowest BCUT2D eigenvalue weighted by Crippen LogP contribution is -2.02. The van der Waals surface area contributed by atoms with Crippen LogP contribution in [0.3, 0.4) is 0 Å². The summed E-state index contributed by atoms with van der Waals surface area (Å²) in [5.74, 6) is 0.839. The van der Waals surface area contributed by atoms with E-state index in [1.807, 2.05) is 37.3 Å². The first-order chi connectivity index (χ1) is 6.77. The number of ether oxygens (including phenoxy) is 1. The molecule has 0 N–H and O–H groups in total. The molecule has 0 radical (unpaired) electrons. The third-order valence-electron chi connectivity index (χ3n) is 2.04. The van der Waals surface area contributed by atoms with Crippen LogP contribution in [0.2, 0.25) is 0 Å². The number of hydrogen-bond donors (Lipinski definition) is 0. The van der Waals surface area contributed by atoms with Gasteiger partial charge in [-0.3, -0.25) is 0 Å². The van der Waals surface area contributed by atoms with Gasteiger partial charge in [-0.2, -0.15) is 0 Å². The van der Waals surface area contributed by atoms with Crippen molar-refractivity contribution in [3.8, 4) is 5.75 Å². The Hall–Kier alpha value is -1.21. The molecular weight excluding hydrogens is 196 g/mol. The van der Waals surface area contributed by atoms with Crippen molar-refractivity contribution in [1.29, 1.82) is 0 Å². The minimum atomic E-state index is -0.305. The van der Waals surface area contributed by atoms with E-state index in [1.54, 1.807) is 0 Å². The second-order valence-electron chi connectivity index (χ2n) is 3.14. The predicted molar refractivity (Wildman–Crippen MR) is 59.9 cm³/mol. The van der Waals surface area contributed by atoms with Gasteiger partial charge in [0.2, 0.25) is 0 Å². The number of hydrogen-bond acceptors (Lipinski definition) is 1. The predicted octanol–water partition coefficient (Wildman–Crippen LogP) is 3.80. The summed E-state index contributed by atoms with van der Waals surface area (Å²) in [5.41, 5.74) is -0.305. The summed E-state index contributed by atoms with van der Waals surface area (Å²) >= 11 is 5.79. The maximum Gasteiger partial charge on any atom is 0.169 e. The maximum absolute atomic E-state index is 5.79. The second kappa shape index (κ2) is 3.89. The van der Waals surface area contributed by atoms with Crippen molar-refractivity contribution < 1.29 is 4.74 Å². The van der Waals surface area contributed by atoms with Gasteiger partial charge in [0.1, 0.15) is 5.75 Å². The molecule has 1 nitrogen and oxygen atoms in total. The van der Waals surface area contributed by atoms with Gasteiger partial charge in [-0.05, 0) is 18.4 Å². The third-order valence-corrected chi connectivity index (χ3v) is 2.13. The molecule has 2 rings (SSSR count).